The molecule has 0 spiro atoms. The van der Waals surface area contributed by atoms with E-state index in [1.807, 2.05) is 0 Å². The van der Waals surface area contributed by atoms with Crippen molar-refractivity contribution in [2.45, 2.75) is 0 Å². The molecule has 196 valence electrons. The van der Waals surface area contributed by atoms with Crippen molar-refractivity contribution in [3.05, 3.63) is 57.3 Å². The van der Waals surface area contributed by atoms with E-state index in [0.717, 1.165) is 11.1 Å². The van der Waals surface area contributed by atoms with Gasteiger partial charge >= 0.3 is 0 Å². The highest BCUT2D eigenvalue weighted by atomic mass is 32.2. The van der Waals surface area contributed by atoms with Gasteiger partial charge in [0.25, 0.3) is 11.8 Å². The zero-order valence-electron chi connectivity index (χ0n) is 20.6. The molecule has 12 heteroatoms. The van der Waals surface area contributed by atoms with Crippen molar-refractivity contribution in [1.82, 2.24) is 9.80 Å². The number of rotatable bonds is 4. The molecule has 0 unspecified atom stereocenters. The van der Waals surface area contributed by atoms with Crippen LogP contribution in [0.25, 0.3) is 12.2 Å². The molecule has 2 aromatic carbocycles. The molecule has 1 fully saturated rings. The molecule has 0 aliphatic carbocycles. The van der Waals surface area contributed by atoms with E-state index in [-0.39, 0.29) is 23.3 Å². The standard InChI is InChI=1S/C26H24N4O6S2/c1-35-19-11-15(3-5-17(19)31)13-21-23(33)27-25(37-21)29-7-9-30(10-8-29)26-28-24(34)22(38-26)14-16-4-6-18(32)20(12-16)36-2/h3-6,11-14,31-32H,7-10H2,1-2H3. The highest BCUT2D eigenvalue weighted by molar-refractivity contribution is 8.18. The van der Waals surface area contributed by atoms with E-state index in [2.05, 4.69) is 19.8 Å². The maximum absolute atomic E-state index is 12.5. The molecule has 0 aromatic heterocycles. The van der Waals surface area contributed by atoms with Crippen LogP contribution in [0.3, 0.4) is 0 Å². The lowest BCUT2D eigenvalue weighted by molar-refractivity contribution is -0.114. The molecule has 38 heavy (non-hydrogen) atoms. The van der Waals surface area contributed by atoms with E-state index in [4.69, 9.17) is 9.47 Å². The minimum atomic E-state index is -0.304. The number of benzene rings is 2. The predicted molar refractivity (Wildman–Crippen MR) is 148 cm³/mol. The third-order valence-corrected chi connectivity index (χ3v) is 8.13. The number of carbonyl (C=O) groups excluding carboxylic acids is 2. The second kappa shape index (κ2) is 10.8. The smallest absolute Gasteiger partial charge is 0.286 e. The van der Waals surface area contributed by atoms with Gasteiger partial charge in [-0.2, -0.15) is 9.98 Å². The third kappa shape index (κ3) is 5.36. The van der Waals surface area contributed by atoms with Gasteiger partial charge in [0.2, 0.25) is 0 Å². The van der Waals surface area contributed by atoms with Crippen LogP contribution >= 0.6 is 23.5 Å². The van der Waals surface area contributed by atoms with Crippen molar-refractivity contribution in [2.24, 2.45) is 9.98 Å². The fraction of sp³-hybridized carbons (Fsp3) is 0.231. The second-order valence-electron chi connectivity index (χ2n) is 8.46. The first kappa shape index (κ1) is 25.7. The summed E-state index contributed by atoms with van der Waals surface area (Å²) < 4.78 is 10.3. The Morgan fingerprint density at radius 1 is 0.737 bits per heavy atom. The molecule has 0 radical (unpaired) electrons. The van der Waals surface area contributed by atoms with Crippen molar-refractivity contribution in [3.63, 3.8) is 0 Å². The molecule has 3 heterocycles. The zero-order valence-corrected chi connectivity index (χ0v) is 22.2. The number of carbonyl (C=O) groups is 2. The molecule has 0 atom stereocenters. The van der Waals surface area contributed by atoms with E-state index >= 15 is 0 Å². The van der Waals surface area contributed by atoms with E-state index in [9.17, 15) is 19.8 Å². The summed E-state index contributed by atoms with van der Waals surface area (Å²) in [4.78, 5) is 38.6. The average Bonchev–Trinajstić information content (AvgIpc) is 3.48. The molecule has 2 aromatic rings. The van der Waals surface area contributed by atoms with Crippen LogP contribution < -0.4 is 9.47 Å². The molecular formula is C26H24N4O6S2. The number of methoxy groups -OCH3 is 2. The van der Waals surface area contributed by atoms with E-state index < -0.39 is 0 Å². The van der Waals surface area contributed by atoms with Gasteiger partial charge in [-0.3, -0.25) is 9.59 Å². The topological polar surface area (TPSA) is 124 Å². The Kier molecular flexibility index (Phi) is 7.34. The summed E-state index contributed by atoms with van der Waals surface area (Å²) in [7, 11) is 2.94. The van der Waals surface area contributed by atoms with Crippen molar-refractivity contribution in [3.8, 4) is 23.0 Å². The van der Waals surface area contributed by atoms with Gasteiger partial charge in [0.15, 0.2) is 33.3 Å². The molecule has 0 bridgehead atoms. The summed E-state index contributed by atoms with van der Waals surface area (Å²) >= 11 is 2.63. The van der Waals surface area contributed by atoms with Crippen LogP contribution in [0.15, 0.2) is 56.2 Å². The fourth-order valence-electron chi connectivity index (χ4n) is 4.03. The lowest BCUT2D eigenvalue weighted by atomic mass is 10.2. The normalized spacial score (nSPS) is 19.8. The van der Waals surface area contributed by atoms with Crippen LogP contribution in [0.4, 0.5) is 0 Å². The van der Waals surface area contributed by atoms with Crippen molar-refractivity contribution in [1.29, 1.82) is 0 Å². The first-order chi connectivity index (χ1) is 18.3. The van der Waals surface area contributed by atoms with Crippen molar-refractivity contribution in [2.75, 3.05) is 40.4 Å². The molecule has 10 nitrogen and oxygen atoms in total. The summed E-state index contributed by atoms with van der Waals surface area (Å²) in [6.45, 7) is 2.51. The van der Waals surface area contributed by atoms with Gasteiger partial charge in [-0.05, 0) is 71.1 Å². The number of ether oxygens (including phenoxy) is 2. The summed E-state index contributed by atoms with van der Waals surface area (Å²) in [5.41, 5.74) is 1.46. The van der Waals surface area contributed by atoms with Crippen LogP contribution in [0.5, 0.6) is 23.0 Å². The number of aromatic hydroxyl groups is 2. The van der Waals surface area contributed by atoms with E-state index in [1.165, 1.54) is 49.9 Å². The van der Waals surface area contributed by atoms with Crippen LogP contribution in [0, 0.1) is 0 Å². The number of nitrogens with zero attached hydrogens (tertiary/aromatic N) is 4. The number of phenolic OH excluding ortho intramolecular Hbond substituents is 2. The highest BCUT2D eigenvalue weighted by Gasteiger charge is 2.32. The van der Waals surface area contributed by atoms with Gasteiger partial charge in [0.1, 0.15) is 0 Å². The Labute approximate surface area is 227 Å². The minimum absolute atomic E-state index is 0.0322. The Hall–Kier alpha value is -3.90. The zero-order chi connectivity index (χ0) is 26.8. The van der Waals surface area contributed by atoms with Crippen LogP contribution in [-0.2, 0) is 9.59 Å². The van der Waals surface area contributed by atoms with E-state index in [1.54, 1.807) is 36.4 Å². The number of thioether (sulfide) groups is 2. The summed E-state index contributed by atoms with van der Waals surface area (Å²) in [6.07, 6.45) is 3.46. The van der Waals surface area contributed by atoms with E-state index in [0.29, 0.717) is 57.8 Å². The molecule has 3 aliphatic heterocycles. The number of amidine groups is 2. The van der Waals surface area contributed by atoms with Crippen LogP contribution in [-0.4, -0.2) is 82.6 Å². The van der Waals surface area contributed by atoms with Gasteiger partial charge in [-0.15, -0.1) is 0 Å². The maximum Gasteiger partial charge on any atom is 0.286 e. The largest absolute Gasteiger partial charge is 0.504 e. The lowest BCUT2D eigenvalue weighted by Crippen LogP contribution is -2.49. The van der Waals surface area contributed by atoms with Gasteiger partial charge in [0.05, 0.1) is 24.0 Å². The first-order valence-corrected chi connectivity index (χ1v) is 13.3. The number of aliphatic imine (C=N–C) groups is 2. The van der Waals surface area contributed by atoms with Gasteiger partial charge in [0, 0.05) is 26.2 Å². The average molecular weight is 553 g/mol. The lowest BCUT2D eigenvalue weighted by Gasteiger charge is -2.35. The molecule has 1 saturated heterocycles. The summed E-state index contributed by atoms with van der Waals surface area (Å²) in [6, 6.07) is 9.78. The Bertz CT molecular complexity index is 1320. The number of piperazine rings is 1. The third-order valence-electron chi connectivity index (χ3n) is 6.04. The number of hydrogen-bond acceptors (Lipinski definition) is 10. The molecule has 3 aliphatic rings. The van der Waals surface area contributed by atoms with Crippen molar-refractivity contribution >= 4 is 57.8 Å². The number of phenols is 2. The predicted octanol–water partition coefficient (Wildman–Crippen LogP) is 3.37. The fourth-order valence-corrected chi connectivity index (χ4v) is 5.96. The van der Waals surface area contributed by atoms with Crippen molar-refractivity contribution < 1.29 is 29.3 Å². The quantitative estimate of drug-likeness (QED) is 0.546. The van der Waals surface area contributed by atoms with Crippen LogP contribution in [0.1, 0.15) is 11.1 Å². The highest BCUT2D eigenvalue weighted by Crippen LogP contribution is 2.35. The molecule has 5 rings (SSSR count). The monoisotopic (exact) mass is 552 g/mol. The Morgan fingerprint density at radius 3 is 1.50 bits per heavy atom. The Morgan fingerprint density at radius 2 is 1.13 bits per heavy atom. The van der Waals surface area contributed by atoms with Crippen LogP contribution in [0.2, 0.25) is 0 Å². The summed E-state index contributed by atoms with van der Waals surface area (Å²) in [5.74, 6) is 0.121. The maximum atomic E-state index is 12.5. The molecule has 2 amide bonds. The van der Waals surface area contributed by atoms with Gasteiger partial charge < -0.3 is 29.5 Å². The first-order valence-electron chi connectivity index (χ1n) is 11.6. The number of amides is 2. The molecule has 2 N–H and O–H groups in total. The second-order valence-corrected chi connectivity index (χ2v) is 10.5. The van der Waals surface area contributed by atoms with Gasteiger partial charge in [-0.25, -0.2) is 0 Å². The Balaban J connectivity index is 1.19. The minimum Gasteiger partial charge on any atom is -0.504 e. The molecule has 0 saturated carbocycles. The SMILES string of the molecule is COc1cc(C=C2SC(N3CCN(C4=NC(=O)C(=Cc5ccc(O)c(OC)c5)S4)CC3)=NC2=O)ccc1O. The number of hydrogen-bond donors (Lipinski definition) is 2. The molecular weight excluding hydrogens is 528 g/mol. The summed E-state index contributed by atoms with van der Waals surface area (Å²) in [5, 5.41) is 20.9. The van der Waals surface area contributed by atoms with Gasteiger partial charge in [-0.1, -0.05) is 12.1 Å².